The summed E-state index contributed by atoms with van der Waals surface area (Å²) in [5.74, 6) is -0.338. The first-order valence-corrected chi connectivity index (χ1v) is 4.02. The summed E-state index contributed by atoms with van der Waals surface area (Å²) in [5.41, 5.74) is -1.86. The Morgan fingerprint density at radius 3 is 2.67 bits per heavy atom. The molecule has 0 fully saturated rings. The maximum absolute atomic E-state index is 12.4. The lowest BCUT2D eigenvalue weighted by Crippen LogP contribution is -2.02. The fourth-order valence-corrected chi connectivity index (χ4v) is 1.18. The molecule has 0 aliphatic rings. The summed E-state index contributed by atoms with van der Waals surface area (Å²) in [4.78, 5) is 12.7. The minimum atomic E-state index is -3.09. The van der Waals surface area contributed by atoms with Crippen LogP contribution in [0.3, 0.4) is 0 Å². The molecule has 0 aliphatic heterocycles. The second kappa shape index (κ2) is 4.35. The summed E-state index contributed by atoms with van der Waals surface area (Å²) in [6, 6.07) is 1.01. The summed E-state index contributed by atoms with van der Waals surface area (Å²) in [6.07, 6.45) is -3.09. The molecule has 1 heterocycles. The van der Waals surface area contributed by atoms with Gasteiger partial charge in [-0.05, 0) is 0 Å². The van der Waals surface area contributed by atoms with Gasteiger partial charge in [0.2, 0.25) is 5.75 Å². The first-order chi connectivity index (χ1) is 6.97. The number of nitro groups is 1. The third-order valence-corrected chi connectivity index (χ3v) is 1.76. The lowest BCUT2D eigenvalue weighted by Gasteiger charge is -2.05. The Morgan fingerprint density at radius 1 is 1.67 bits per heavy atom. The van der Waals surface area contributed by atoms with Crippen LogP contribution in [-0.4, -0.2) is 17.0 Å². The van der Waals surface area contributed by atoms with Gasteiger partial charge in [0.1, 0.15) is 5.15 Å². The molecule has 0 aliphatic carbocycles. The van der Waals surface area contributed by atoms with Gasteiger partial charge in [0.05, 0.1) is 12.0 Å². The van der Waals surface area contributed by atoms with Crippen LogP contribution in [-0.2, 0) is 0 Å². The lowest BCUT2D eigenvalue weighted by molar-refractivity contribution is -0.387. The molecule has 1 rings (SSSR count). The third kappa shape index (κ3) is 2.30. The number of nitrogens with zero attached hydrogens (tertiary/aromatic N) is 2. The van der Waals surface area contributed by atoms with Gasteiger partial charge in [0, 0.05) is 6.07 Å². The SMILES string of the molecule is COc1cc(Cl)nc(C(F)F)c1[N+](=O)[O-]. The smallest absolute Gasteiger partial charge is 0.338 e. The van der Waals surface area contributed by atoms with Gasteiger partial charge in [-0.3, -0.25) is 10.1 Å². The maximum Gasteiger partial charge on any atom is 0.338 e. The zero-order valence-corrected chi connectivity index (χ0v) is 8.16. The van der Waals surface area contributed by atoms with E-state index in [4.69, 9.17) is 11.6 Å². The van der Waals surface area contributed by atoms with Crippen LogP contribution in [0.5, 0.6) is 5.75 Å². The van der Waals surface area contributed by atoms with E-state index in [0.29, 0.717) is 0 Å². The highest BCUT2D eigenvalue weighted by atomic mass is 35.5. The molecule has 8 heteroatoms. The van der Waals surface area contributed by atoms with Crippen molar-refractivity contribution in [3.8, 4) is 5.75 Å². The standard InChI is InChI=1S/C7H5ClF2N2O3/c1-15-3-2-4(8)11-5(7(9)10)6(3)12(13)14/h2,7H,1H3. The Hall–Kier alpha value is -1.50. The summed E-state index contributed by atoms with van der Waals surface area (Å²) < 4.78 is 29.4. The molecule has 1 aromatic heterocycles. The number of aromatic nitrogens is 1. The average Bonchev–Trinajstić information content (AvgIpc) is 2.15. The van der Waals surface area contributed by atoms with Crippen molar-refractivity contribution in [3.05, 3.63) is 27.0 Å². The maximum atomic E-state index is 12.4. The molecule has 0 atom stereocenters. The predicted octanol–water partition coefficient (Wildman–Crippen LogP) is 2.59. The Labute approximate surface area is 87.8 Å². The molecule has 0 bridgehead atoms. The van der Waals surface area contributed by atoms with E-state index >= 15 is 0 Å². The monoisotopic (exact) mass is 238 g/mol. The highest BCUT2D eigenvalue weighted by molar-refractivity contribution is 6.29. The van der Waals surface area contributed by atoms with Gasteiger partial charge in [-0.1, -0.05) is 11.6 Å². The lowest BCUT2D eigenvalue weighted by atomic mass is 10.3. The number of alkyl halides is 2. The summed E-state index contributed by atoms with van der Waals surface area (Å²) in [6.45, 7) is 0. The second-order valence-corrected chi connectivity index (χ2v) is 2.83. The Bertz CT molecular complexity index is 400. The molecule has 0 saturated heterocycles. The topological polar surface area (TPSA) is 65.3 Å². The van der Waals surface area contributed by atoms with Crippen molar-refractivity contribution in [1.29, 1.82) is 0 Å². The van der Waals surface area contributed by atoms with E-state index in [1.165, 1.54) is 0 Å². The van der Waals surface area contributed by atoms with Crippen molar-refractivity contribution < 1.29 is 18.4 Å². The van der Waals surface area contributed by atoms with Crippen molar-refractivity contribution in [1.82, 2.24) is 4.98 Å². The number of halogens is 3. The fraction of sp³-hybridized carbons (Fsp3) is 0.286. The Kier molecular flexibility index (Phi) is 3.35. The van der Waals surface area contributed by atoms with Crippen LogP contribution in [0, 0.1) is 10.1 Å². The number of methoxy groups -OCH3 is 1. The molecule has 0 radical (unpaired) electrons. The highest BCUT2D eigenvalue weighted by Crippen LogP contribution is 2.36. The van der Waals surface area contributed by atoms with Crippen molar-refractivity contribution in [2.75, 3.05) is 7.11 Å². The molecule has 0 N–H and O–H groups in total. The van der Waals surface area contributed by atoms with Gasteiger partial charge in [0.25, 0.3) is 6.43 Å². The molecule has 0 saturated carbocycles. The molecule has 15 heavy (non-hydrogen) atoms. The van der Waals surface area contributed by atoms with Crippen molar-refractivity contribution in [2.24, 2.45) is 0 Å². The largest absolute Gasteiger partial charge is 0.490 e. The van der Waals surface area contributed by atoms with E-state index in [1.807, 2.05) is 0 Å². The van der Waals surface area contributed by atoms with Crippen LogP contribution in [0.15, 0.2) is 6.07 Å². The second-order valence-electron chi connectivity index (χ2n) is 2.44. The number of pyridine rings is 1. The molecule has 0 amide bonds. The molecular weight excluding hydrogens is 234 g/mol. The fourth-order valence-electron chi connectivity index (χ4n) is 0.994. The van der Waals surface area contributed by atoms with Crippen LogP contribution in [0.25, 0.3) is 0 Å². The Balaban J connectivity index is 3.47. The van der Waals surface area contributed by atoms with Gasteiger partial charge in [-0.25, -0.2) is 13.8 Å². The van der Waals surface area contributed by atoms with E-state index in [-0.39, 0.29) is 10.9 Å². The number of rotatable bonds is 3. The van der Waals surface area contributed by atoms with E-state index in [9.17, 15) is 18.9 Å². The van der Waals surface area contributed by atoms with Crippen LogP contribution < -0.4 is 4.74 Å². The summed E-state index contributed by atoms with van der Waals surface area (Å²) in [5, 5.41) is 10.2. The van der Waals surface area contributed by atoms with Gasteiger partial charge >= 0.3 is 5.69 Å². The van der Waals surface area contributed by atoms with Crippen LogP contribution in [0.4, 0.5) is 14.5 Å². The molecule has 82 valence electrons. The van der Waals surface area contributed by atoms with Crippen molar-refractivity contribution in [3.63, 3.8) is 0 Å². The highest BCUT2D eigenvalue weighted by Gasteiger charge is 2.29. The van der Waals surface area contributed by atoms with Gasteiger partial charge in [-0.15, -0.1) is 0 Å². The first kappa shape index (κ1) is 11.6. The third-order valence-electron chi connectivity index (χ3n) is 1.56. The predicted molar refractivity (Wildman–Crippen MR) is 47.4 cm³/mol. The van der Waals surface area contributed by atoms with E-state index < -0.39 is 22.7 Å². The van der Waals surface area contributed by atoms with Crippen LogP contribution >= 0.6 is 11.6 Å². The summed E-state index contributed by atoms with van der Waals surface area (Å²) in [7, 11) is 1.12. The van der Waals surface area contributed by atoms with E-state index in [2.05, 4.69) is 9.72 Å². The minimum Gasteiger partial charge on any atom is -0.490 e. The minimum absolute atomic E-state index is 0.284. The zero-order chi connectivity index (χ0) is 11.6. The molecule has 0 unspecified atom stereocenters. The Morgan fingerprint density at radius 2 is 2.27 bits per heavy atom. The van der Waals surface area contributed by atoms with Crippen LogP contribution in [0.2, 0.25) is 5.15 Å². The quantitative estimate of drug-likeness (QED) is 0.461. The van der Waals surface area contributed by atoms with E-state index in [0.717, 1.165) is 13.2 Å². The van der Waals surface area contributed by atoms with Crippen molar-refractivity contribution in [2.45, 2.75) is 6.43 Å². The molecule has 0 aromatic carbocycles. The van der Waals surface area contributed by atoms with Crippen LogP contribution in [0.1, 0.15) is 12.1 Å². The van der Waals surface area contributed by atoms with Gasteiger partial charge in [0.15, 0.2) is 5.69 Å². The molecule has 1 aromatic rings. The number of ether oxygens (including phenoxy) is 1. The van der Waals surface area contributed by atoms with Gasteiger partial charge in [-0.2, -0.15) is 0 Å². The normalized spacial score (nSPS) is 10.5. The first-order valence-electron chi connectivity index (χ1n) is 3.64. The molecular formula is C7H5ClF2N2O3. The number of hydrogen-bond acceptors (Lipinski definition) is 4. The van der Waals surface area contributed by atoms with Gasteiger partial charge < -0.3 is 4.74 Å². The van der Waals surface area contributed by atoms with E-state index in [1.54, 1.807) is 0 Å². The summed E-state index contributed by atoms with van der Waals surface area (Å²) >= 11 is 5.40. The number of hydrogen-bond donors (Lipinski definition) is 0. The molecule has 5 nitrogen and oxygen atoms in total. The average molecular weight is 239 g/mol. The zero-order valence-electron chi connectivity index (χ0n) is 7.41. The molecule has 0 spiro atoms. The van der Waals surface area contributed by atoms with Crippen molar-refractivity contribution >= 4 is 17.3 Å².